The van der Waals surface area contributed by atoms with Gasteiger partial charge in [0, 0.05) is 10.4 Å². The maximum atomic E-state index is 13.4. The van der Waals surface area contributed by atoms with Crippen LogP contribution in [-0.2, 0) is 9.59 Å². The number of thiophene rings is 1. The number of nitrogens with one attached hydrogen (secondary N) is 1. The van der Waals surface area contributed by atoms with Gasteiger partial charge < -0.3 is 9.80 Å². The van der Waals surface area contributed by atoms with Crippen LogP contribution in [0, 0.1) is 19.8 Å². The first-order valence-electron chi connectivity index (χ1n) is 9.10. The van der Waals surface area contributed by atoms with Gasteiger partial charge in [-0.2, -0.15) is 0 Å². The van der Waals surface area contributed by atoms with Gasteiger partial charge in [0.1, 0.15) is 5.92 Å². The Bertz CT molecular complexity index is 874. The van der Waals surface area contributed by atoms with Crippen molar-refractivity contribution in [1.29, 1.82) is 0 Å². The standard InChI is InChI=1S/C21H24N2O3S/c1-13-7-8-14(2)15(12-13)19(24)17-18(16-6-5-11-27-16)23(10-9-22(3)4)21(26)20(17)25/h5-8,11-12,17-18H,9-10H2,1-4H3/p+1. The van der Waals surface area contributed by atoms with Crippen LogP contribution >= 0.6 is 11.3 Å². The van der Waals surface area contributed by atoms with Crippen molar-refractivity contribution in [3.05, 3.63) is 57.3 Å². The van der Waals surface area contributed by atoms with Crippen LogP contribution in [0.2, 0.25) is 0 Å². The summed E-state index contributed by atoms with van der Waals surface area (Å²) in [5, 5.41) is 1.91. The Morgan fingerprint density at radius 1 is 1.19 bits per heavy atom. The van der Waals surface area contributed by atoms with E-state index in [9.17, 15) is 14.4 Å². The van der Waals surface area contributed by atoms with Gasteiger partial charge in [-0.15, -0.1) is 11.3 Å². The second kappa shape index (κ2) is 7.74. The number of hydrogen-bond acceptors (Lipinski definition) is 4. The van der Waals surface area contributed by atoms with Crippen LogP contribution in [0.1, 0.15) is 32.4 Å². The molecule has 2 unspecified atom stereocenters. The van der Waals surface area contributed by atoms with Gasteiger partial charge in [0.05, 0.1) is 33.2 Å². The molecule has 0 bridgehead atoms. The monoisotopic (exact) mass is 385 g/mol. The maximum Gasteiger partial charge on any atom is 0.291 e. The lowest BCUT2D eigenvalue weighted by molar-refractivity contribution is -0.857. The minimum Gasteiger partial charge on any atom is -0.338 e. The molecule has 142 valence electrons. The summed E-state index contributed by atoms with van der Waals surface area (Å²) < 4.78 is 0. The van der Waals surface area contributed by atoms with Gasteiger partial charge in [-0.25, -0.2) is 0 Å². The molecule has 5 nitrogen and oxygen atoms in total. The maximum absolute atomic E-state index is 13.4. The van der Waals surface area contributed by atoms with Crippen molar-refractivity contribution in [2.75, 3.05) is 27.2 Å². The van der Waals surface area contributed by atoms with Gasteiger partial charge in [0.25, 0.3) is 5.91 Å². The van der Waals surface area contributed by atoms with Crippen LogP contribution in [0.15, 0.2) is 35.7 Å². The van der Waals surface area contributed by atoms with E-state index in [0.29, 0.717) is 18.7 Å². The molecule has 0 saturated carbocycles. The third kappa shape index (κ3) is 3.73. The number of carbonyl (C=O) groups excluding carboxylic acids is 3. The van der Waals surface area contributed by atoms with Gasteiger partial charge in [0.15, 0.2) is 5.78 Å². The lowest BCUT2D eigenvalue weighted by Crippen LogP contribution is -3.06. The van der Waals surface area contributed by atoms with Crippen LogP contribution < -0.4 is 4.90 Å². The van der Waals surface area contributed by atoms with E-state index in [-0.39, 0.29) is 5.78 Å². The van der Waals surface area contributed by atoms with Crippen molar-refractivity contribution in [2.24, 2.45) is 5.92 Å². The molecule has 1 N–H and O–H groups in total. The van der Waals surface area contributed by atoms with Gasteiger partial charge in [-0.05, 0) is 36.9 Å². The summed E-state index contributed by atoms with van der Waals surface area (Å²) in [5.74, 6) is -2.37. The Kier molecular flexibility index (Phi) is 5.58. The summed E-state index contributed by atoms with van der Waals surface area (Å²) in [4.78, 5) is 42.6. The predicted molar refractivity (Wildman–Crippen MR) is 105 cm³/mol. The molecule has 27 heavy (non-hydrogen) atoms. The molecule has 2 aromatic rings. The Morgan fingerprint density at radius 3 is 2.56 bits per heavy atom. The Balaban J connectivity index is 2.03. The fourth-order valence-electron chi connectivity index (χ4n) is 3.52. The highest BCUT2D eigenvalue weighted by Crippen LogP contribution is 2.40. The van der Waals surface area contributed by atoms with Crippen molar-refractivity contribution in [3.8, 4) is 0 Å². The number of aryl methyl sites for hydroxylation is 2. The number of carbonyl (C=O) groups is 3. The molecular formula is C21H25N2O3S+. The van der Waals surface area contributed by atoms with Crippen molar-refractivity contribution in [1.82, 2.24) is 4.90 Å². The summed E-state index contributed by atoms with van der Waals surface area (Å²) in [6, 6.07) is 8.92. The molecular weight excluding hydrogens is 360 g/mol. The molecule has 1 aromatic heterocycles. The number of hydrogen-bond donors (Lipinski definition) is 1. The Morgan fingerprint density at radius 2 is 1.93 bits per heavy atom. The number of Topliss-reactive ketones (excluding diaryl/α,β-unsaturated/α-hetero) is 2. The summed E-state index contributed by atoms with van der Waals surface area (Å²) >= 11 is 1.48. The molecule has 1 aliphatic heterocycles. The zero-order valence-electron chi connectivity index (χ0n) is 16.1. The first kappa shape index (κ1) is 19.5. The summed E-state index contributed by atoms with van der Waals surface area (Å²) in [7, 11) is 4.00. The number of rotatable bonds is 6. The fraction of sp³-hybridized carbons (Fsp3) is 0.381. The van der Waals surface area contributed by atoms with E-state index in [2.05, 4.69) is 0 Å². The second-order valence-corrected chi connectivity index (χ2v) is 8.42. The Labute approximate surface area is 163 Å². The van der Waals surface area contributed by atoms with Gasteiger partial charge in [-0.3, -0.25) is 14.4 Å². The highest BCUT2D eigenvalue weighted by molar-refractivity contribution is 7.10. The van der Waals surface area contributed by atoms with Crippen LogP contribution in [0.3, 0.4) is 0 Å². The van der Waals surface area contributed by atoms with E-state index in [1.807, 2.05) is 63.7 Å². The van der Waals surface area contributed by atoms with Crippen molar-refractivity contribution in [3.63, 3.8) is 0 Å². The van der Waals surface area contributed by atoms with Crippen LogP contribution in [-0.4, -0.2) is 49.6 Å². The minimum absolute atomic E-state index is 0.257. The van der Waals surface area contributed by atoms with E-state index in [0.717, 1.165) is 16.0 Å². The third-order valence-electron chi connectivity index (χ3n) is 5.03. The van der Waals surface area contributed by atoms with E-state index >= 15 is 0 Å². The lowest BCUT2D eigenvalue weighted by atomic mass is 9.87. The third-order valence-corrected chi connectivity index (χ3v) is 5.98. The van der Waals surface area contributed by atoms with Crippen LogP contribution in [0.5, 0.6) is 0 Å². The summed E-state index contributed by atoms with van der Waals surface area (Å²) in [6.07, 6.45) is 0. The Hall–Kier alpha value is -2.31. The number of likely N-dealkylation sites (tertiary alicyclic amines) is 1. The smallest absolute Gasteiger partial charge is 0.291 e. The average Bonchev–Trinajstić information content (AvgIpc) is 3.22. The van der Waals surface area contributed by atoms with E-state index in [1.54, 1.807) is 4.90 Å². The SMILES string of the molecule is Cc1ccc(C)c(C(=O)C2C(=O)C(=O)N(CC[NH+](C)C)C2c2cccs2)c1. The largest absolute Gasteiger partial charge is 0.338 e. The number of quaternary nitrogens is 1. The molecule has 1 amide bonds. The highest BCUT2D eigenvalue weighted by Gasteiger charge is 2.52. The molecule has 1 aromatic carbocycles. The molecule has 2 atom stereocenters. The average molecular weight is 386 g/mol. The molecule has 0 aliphatic carbocycles. The zero-order valence-corrected chi connectivity index (χ0v) is 16.9. The number of amides is 1. The fourth-order valence-corrected chi connectivity index (χ4v) is 4.39. The van der Waals surface area contributed by atoms with Gasteiger partial charge in [0.2, 0.25) is 5.78 Å². The molecule has 1 aliphatic rings. The van der Waals surface area contributed by atoms with Crippen molar-refractivity contribution < 1.29 is 19.3 Å². The first-order chi connectivity index (χ1) is 12.8. The van der Waals surface area contributed by atoms with Crippen molar-refractivity contribution >= 4 is 28.8 Å². The first-order valence-corrected chi connectivity index (χ1v) is 9.98. The second-order valence-electron chi connectivity index (χ2n) is 7.44. The summed E-state index contributed by atoms with van der Waals surface area (Å²) in [6.45, 7) is 4.94. The molecule has 3 rings (SSSR count). The zero-order chi connectivity index (χ0) is 19.7. The minimum atomic E-state index is -0.978. The quantitative estimate of drug-likeness (QED) is 0.465. The molecule has 6 heteroatoms. The molecule has 1 fully saturated rings. The van der Waals surface area contributed by atoms with E-state index in [4.69, 9.17) is 0 Å². The van der Waals surface area contributed by atoms with Crippen molar-refractivity contribution in [2.45, 2.75) is 19.9 Å². The van der Waals surface area contributed by atoms with E-state index < -0.39 is 23.7 Å². The molecule has 0 spiro atoms. The molecule has 0 radical (unpaired) electrons. The van der Waals surface area contributed by atoms with Crippen LogP contribution in [0.4, 0.5) is 0 Å². The topological polar surface area (TPSA) is 58.9 Å². The molecule has 2 heterocycles. The van der Waals surface area contributed by atoms with Crippen LogP contribution in [0.25, 0.3) is 0 Å². The number of benzene rings is 1. The number of nitrogens with zero attached hydrogens (tertiary/aromatic N) is 1. The van der Waals surface area contributed by atoms with Gasteiger partial charge in [-0.1, -0.05) is 23.8 Å². The predicted octanol–water partition coefficient (Wildman–Crippen LogP) is 1.46. The highest BCUT2D eigenvalue weighted by atomic mass is 32.1. The molecule has 1 saturated heterocycles. The van der Waals surface area contributed by atoms with E-state index in [1.165, 1.54) is 16.2 Å². The lowest BCUT2D eigenvalue weighted by Gasteiger charge is -2.26. The summed E-state index contributed by atoms with van der Waals surface area (Å²) in [5.41, 5.74) is 2.32. The normalized spacial score (nSPS) is 20.0. The number of likely N-dealkylation sites (N-methyl/N-ethyl adjacent to an activating group) is 1. The van der Waals surface area contributed by atoms with Gasteiger partial charge >= 0.3 is 0 Å². The number of ketones is 2.